The molecule has 186 valence electrons. The van der Waals surface area contributed by atoms with Crippen LogP contribution in [-0.2, 0) is 29.7 Å². The number of hydrogen-bond acceptors (Lipinski definition) is 4. The Bertz CT molecular complexity index is 1230. The Kier molecular flexibility index (Phi) is 7.22. The number of amides is 4. The average Bonchev–Trinajstić information content (AvgIpc) is 3.08. The third kappa shape index (κ3) is 5.47. The molecule has 0 aromatic heterocycles. The zero-order chi connectivity index (χ0) is 25.9. The van der Waals surface area contributed by atoms with Crippen LogP contribution in [-0.4, -0.2) is 38.9 Å². The van der Waals surface area contributed by atoms with Crippen LogP contribution in [0.5, 0.6) is 0 Å². The molecular weight excluding hydrogens is 454 g/mol. The number of hydrogen-bond donors (Lipinski definition) is 2. The number of nitrogens with zero attached hydrogens (tertiary/aromatic N) is 2. The first kappa shape index (κ1) is 25.1. The molecule has 0 saturated carbocycles. The van der Waals surface area contributed by atoms with Crippen LogP contribution < -0.4 is 5.48 Å². The molecule has 3 aromatic rings. The Morgan fingerprint density at radius 3 is 2.00 bits per heavy atom. The highest BCUT2D eigenvalue weighted by Crippen LogP contribution is 2.27. The van der Waals surface area contributed by atoms with Gasteiger partial charge in [0.25, 0.3) is 11.8 Å². The van der Waals surface area contributed by atoms with Crippen molar-refractivity contribution in [2.24, 2.45) is 0 Å². The average molecular weight is 486 g/mol. The Morgan fingerprint density at radius 2 is 1.42 bits per heavy atom. The summed E-state index contributed by atoms with van der Waals surface area (Å²) in [6.45, 7) is 6.89. The molecule has 4 amide bonds. The summed E-state index contributed by atoms with van der Waals surface area (Å²) in [4.78, 5) is 41.5. The number of benzene rings is 3. The summed E-state index contributed by atoms with van der Waals surface area (Å²) in [5, 5.41) is 8.81. The van der Waals surface area contributed by atoms with Gasteiger partial charge in [-0.2, -0.15) is 0 Å². The predicted octanol–water partition coefficient (Wildman–Crippen LogP) is 4.68. The van der Waals surface area contributed by atoms with Gasteiger partial charge >= 0.3 is 6.03 Å². The van der Waals surface area contributed by atoms with Crippen molar-refractivity contribution >= 4 is 17.8 Å². The van der Waals surface area contributed by atoms with Gasteiger partial charge in [0.2, 0.25) is 0 Å². The Hall–Kier alpha value is -3.97. The van der Waals surface area contributed by atoms with Gasteiger partial charge in [-0.25, -0.2) is 10.3 Å². The molecule has 0 spiro atoms. The fourth-order valence-corrected chi connectivity index (χ4v) is 4.37. The van der Waals surface area contributed by atoms with Crippen LogP contribution in [0, 0.1) is 0 Å². The Balaban J connectivity index is 1.58. The maximum absolute atomic E-state index is 13.5. The first-order valence-electron chi connectivity index (χ1n) is 12.0. The van der Waals surface area contributed by atoms with E-state index < -0.39 is 11.9 Å². The van der Waals surface area contributed by atoms with Gasteiger partial charge in [0.1, 0.15) is 6.04 Å². The van der Waals surface area contributed by atoms with E-state index in [4.69, 9.17) is 5.21 Å². The smallest absolute Gasteiger partial charge is 0.308 e. The van der Waals surface area contributed by atoms with Gasteiger partial charge in [-0.3, -0.25) is 19.7 Å². The molecule has 1 aliphatic heterocycles. The number of imide groups is 1. The maximum Gasteiger partial charge on any atom is 0.328 e. The van der Waals surface area contributed by atoms with Crippen LogP contribution in [0.3, 0.4) is 0 Å². The third-order valence-electron chi connectivity index (χ3n) is 6.51. The summed E-state index contributed by atoms with van der Waals surface area (Å²) in [5.74, 6) is -0.867. The maximum atomic E-state index is 13.5. The summed E-state index contributed by atoms with van der Waals surface area (Å²) in [6, 6.07) is 23.4. The fourth-order valence-electron chi connectivity index (χ4n) is 4.37. The van der Waals surface area contributed by atoms with Crippen LogP contribution in [0.2, 0.25) is 0 Å². The lowest BCUT2D eigenvalue weighted by Gasteiger charge is -2.23. The van der Waals surface area contributed by atoms with Gasteiger partial charge in [0.15, 0.2) is 0 Å². The lowest BCUT2D eigenvalue weighted by molar-refractivity contribution is -0.128. The molecular formula is C29H31N3O4. The van der Waals surface area contributed by atoms with Crippen LogP contribution in [0.25, 0.3) is 0 Å². The van der Waals surface area contributed by atoms with E-state index in [1.165, 1.54) is 10.5 Å². The van der Waals surface area contributed by atoms with E-state index >= 15 is 0 Å². The zero-order valence-corrected chi connectivity index (χ0v) is 20.8. The van der Waals surface area contributed by atoms with Crippen LogP contribution >= 0.6 is 0 Å². The zero-order valence-electron chi connectivity index (χ0n) is 20.8. The SMILES string of the molecule is CC(C)(C)c1ccc(CN2C(=O)N(Cc3ccc(C(=O)NO)cc3)C(=O)C2Cc2ccccc2)cc1. The topological polar surface area (TPSA) is 90.0 Å². The predicted molar refractivity (Wildman–Crippen MR) is 136 cm³/mol. The standard InChI is InChI=1S/C29H31N3O4/c1-29(2,3)24-15-11-22(12-16-24)18-31-25(17-20-7-5-4-6-8-20)27(34)32(28(31)35)19-21-9-13-23(14-10-21)26(33)30-36/h4-16,25,36H,17-19H2,1-3H3,(H,30,33). The molecule has 0 aliphatic carbocycles. The summed E-state index contributed by atoms with van der Waals surface area (Å²) in [7, 11) is 0. The summed E-state index contributed by atoms with van der Waals surface area (Å²) in [5.41, 5.74) is 5.76. The third-order valence-corrected chi connectivity index (χ3v) is 6.51. The molecule has 0 radical (unpaired) electrons. The Labute approximate surface area is 211 Å². The van der Waals surface area contributed by atoms with E-state index in [1.807, 2.05) is 42.5 Å². The molecule has 3 aromatic carbocycles. The van der Waals surface area contributed by atoms with Gasteiger partial charge in [0, 0.05) is 18.5 Å². The van der Waals surface area contributed by atoms with Gasteiger partial charge in [-0.05, 0) is 39.8 Å². The van der Waals surface area contributed by atoms with Crippen molar-refractivity contribution in [2.45, 2.75) is 51.7 Å². The van der Waals surface area contributed by atoms with E-state index in [1.54, 1.807) is 34.6 Å². The monoisotopic (exact) mass is 485 g/mol. The molecule has 0 bridgehead atoms. The summed E-state index contributed by atoms with van der Waals surface area (Å²) < 4.78 is 0. The van der Waals surface area contributed by atoms with Gasteiger partial charge < -0.3 is 4.90 Å². The number of hydroxylamine groups is 1. The fraction of sp³-hybridized carbons (Fsp3) is 0.276. The summed E-state index contributed by atoms with van der Waals surface area (Å²) >= 11 is 0. The normalized spacial score (nSPS) is 15.9. The molecule has 1 fully saturated rings. The van der Waals surface area contributed by atoms with Gasteiger partial charge in [-0.15, -0.1) is 0 Å². The van der Waals surface area contributed by atoms with E-state index in [2.05, 4.69) is 32.9 Å². The number of carbonyl (C=O) groups is 3. The second kappa shape index (κ2) is 10.3. The molecule has 1 aliphatic rings. The van der Waals surface area contributed by atoms with Crippen molar-refractivity contribution < 1.29 is 19.6 Å². The van der Waals surface area contributed by atoms with Crippen molar-refractivity contribution in [2.75, 3.05) is 0 Å². The van der Waals surface area contributed by atoms with Crippen molar-refractivity contribution in [1.82, 2.24) is 15.3 Å². The van der Waals surface area contributed by atoms with Crippen LogP contribution in [0.15, 0.2) is 78.9 Å². The highest BCUT2D eigenvalue weighted by Gasteiger charge is 2.44. The van der Waals surface area contributed by atoms with E-state index in [-0.39, 0.29) is 29.5 Å². The van der Waals surface area contributed by atoms with Crippen LogP contribution in [0.1, 0.15) is 53.4 Å². The number of rotatable bonds is 7. The first-order valence-corrected chi connectivity index (χ1v) is 12.0. The summed E-state index contributed by atoms with van der Waals surface area (Å²) in [6.07, 6.45) is 0.428. The molecule has 1 unspecified atom stereocenters. The highest BCUT2D eigenvalue weighted by atomic mass is 16.5. The minimum atomic E-state index is -0.624. The molecule has 7 heteroatoms. The highest BCUT2D eigenvalue weighted by molar-refractivity contribution is 6.04. The van der Waals surface area contributed by atoms with E-state index in [0.717, 1.165) is 11.1 Å². The Morgan fingerprint density at radius 1 is 0.833 bits per heavy atom. The van der Waals surface area contributed by atoms with Crippen molar-refractivity contribution in [3.63, 3.8) is 0 Å². The van der Waals surface area contributed by atoms with Gasteiger partial charge in [0.05, 0.1) is 6.54 Å². The lowest BCUT2D eigenvalue weighted by Crippen LogP contribution is -2.36. The second-order valence-corrected chi connectivity index (χ2v) is 10.1. The number of nitrogens with one attached hydrogen (secondary N) is 1. The molecule has 2 N–H and O–H groups in total. The first-order chi connectivity index (χ1) is 17.2. The van der Waals surface area contributed by atoms with Crippen LogP contribution in [0.4, 0.5) is 4.79 Å². The van der Waals surface area contributed by atoms with Gasteiger partial charge in [-0.1, -0.05) is 87.5 Å². The van der Waals surface area contributed by atoms with Crippen molar-refractivity contribution in [1.29, 1.82) is 0 Å². The number of urea groups is 1. The molecule has 4 rings (SSSR count). The van der Waals surface area contributed by atoms with Crippen molar-refractivity contribution in [3.8, 4) is 0 Å². The molecule has 1 saturated heterocycles. The van der Waals surface area contributed by atoms with E-state index in [0.29, 0.717) is 18.5 Å². The quantitative estimate of drug-likeness (QED) is 0.289. The molecule has 1 atom stereocenters. The minimum absolute atomic E-state index is 0.0258. The molecule has 1 heterocycles. The molecule has 36 heavy (non-hydrogen) atoms. The largest absolute Gasteiger partial charge is 0.328 e. The van der Waals surface area contributed by atoms with E-state index in [9.17, 15) is 14.4 Å². The van der Waals surface area contributed by atoms with Crippen molar-refractivity contribution in [3.05, 3.63) is 107 Å². The number of carbonyl (C=O) groups excluding carboxylic acids is 3. The lowest BCUT2D eigenvalue weighted by atomic mass is 9.87. The second-order valence-electron chi connectivity index (χ2n) is 10.1. The minimum Gasteiger partial charge on any atom is -0.308 e. The molecule has 7 nitrogen and oxygen atoms in total.